The van der Waals surface area contributed by atoms with Crippen molar-refractivity contribution in [2.75, 3.05) is 0 Å². The maximum Gasteiger partial charge on any atom is 0.321 e. The van der Waals surface area contributed by atoms with E-state index in [2.05, 4.69) is 0 Å². The normalized spacial score (nSPS) is 12.5. The molecule has 1 aromatic rings. The molecule has 116 valence electrons. The molecule has 0 unspecified atom stereocenters. The summed E-state index contributed by atoms with van der Waals surface area (Å²) in [5.41, 5.74) is 11.1. The molecule has 0 radical (unpaired) electrons. The highest BCUT2D eigenvalue weighted by Crippen LogP contribution is 2.01. The highest BCUT2D eigenvalue weighted by atomic mass is 16.4. The summed E-state index contributed by atoms with van der Waals surface area (Å²) in [5.74, 6) is -3.46. The van der Waals surface area contributed by atoms with Crippen LogP contribution in [0.15, 0.2) is 30.3 Å². The number of benzene rings is 1. The molecule has 0 aliphatic carbocycles. The molecule has 8 nitrogen and oxygen atoms in total. The Kier molecular flexibility index (Phi) is 8.35. The van der Waals surface area contributed by atoms with E-state index in [4.69, 9.17) is 26.8 Å². The lowest BCUT2D eigenvalue weighted by Gasteiger charge is -2.04. The Balaban J connectivity index is 0.000000400. The first-order valence-corrected chi connectivity index (χ1v) is 5.96. The van der Waals surface area contributed by atoms with Gasteiger partial charge in [-0.1, -0.05) is 30.3 Å². The van der Waals surface area contributed by atoms with Crippen LogP contribution in [0.4, 0.5) is 0 Å². The molecule has 0 aliphatic rings. The smallest absolute Gasteiger partial charge is 0.321 e. The number of rotatable bonds is 6. The molecular formula is C13H18N2O6. The van der Waals surface area contributed by atoms with Gasteiger partial charge in [0.25, 0.3) is 0 Å². The summed E-state index contributed by atoms with van der Waals surface area (Å²) in [5, 5.41) is 24.6. The highest BCUT2D eigenvalue weighted by molar-refractivity contribution is 5.80. The van der Waals surface area contributed by atoms with Crippen molar-refractivity contribution in [3.8, 4) is 0 Å². The number of nitrogens with two attached hydrogens (primary N) is 2. The van der Waals surface area contributed by atoms with Gasteiger partial charge in [0.1, 0.15) is 12.1 Å². The molecule has 1 aromatic carbocycles. The SMILES string of the molecule is N[C@@H](CC(=O)O)C(=O)O.N[C@H](Cc1ccccc1)C(=O)O. The van der Waals surface area contributed by atoms with E-state index in [-0.39, 0.29) is 0 Å². The van der Waals surface area contributed by atoms with Crippen LogP contribution in [0, 0.1) is 0 Å². The average molecular weight is 298 g/mol. The van der Waals surface area contributed by atoms with Crippen molar-refractivity contribution in [3.63, 3.8) is 0 Å². The first-order valence-electron chi connectivity index (χ1n) is 5.96. The molecule has 0 aliphatic heterocycles. The van der Waals surface area contributed by atoms with Crippen molar-refractivity contribution in [1.29, 1.82) is 0 Å². The van der Waals surface area contributed by atoms with Crippen LogP contribution >= 0.6 is 0 Å². The maximum absolute atomic E-state index is 10.4. The summed E-state index contributed by atoms with van der Waals surface area (Å²) in [7, 11) is 0. The minimum atomic E-state index is -1.29. The van der Waals surface area contributed by atoms with Gasteiger partial charge in [0.15, 0.2) is 0 Å². The number of carbonyl (C=O) groups is 3. The zero-order valence-corrected chi connectivity index (χ0v) is 11.2. The van der Waals surface area contributed by atoms with Crippen molar-refractivity contribution >= 4 is 17.9 Å². The van der Waals surface area contributed by atoms with E-state index in [0.29, 0.717) is 6.42 Å². The van der Waals surface area contributed by atoms with Gasteiger partial charge in [-0.3, -0.25) is 14.4 Å². The van der Waals surface area contributed by atoms with Crippen molar-refractivity contribution in [2.45, 2.75) is 24.9 Å². The first kappa shape index (κ1) is 18.6. The molecular weight excluding hydrogens is 280 g/mol. The van der Waals surface area contributed by atoms with Gasteiger partial charge in [-0.25, -0.2) is 0 Å². The number of carboxylic acids is 3. The largest absolute Gasteiger partial charge is 0.481 e. The Morgan fingerprint density at radius 3 is 1.71 bits per heavy atom. The summed E-state index contributed by atoms with van der Waals surface area (Å²) in [6.07, 6.45) is -0.147. The van der Waals surface area contributed by atoms with E-state index in [1.54, 1.807) is 0 Å². The van der Waals surface area contributed by atoms with Gasteiger partial charge < -0.3 is 26.8 Å². The second-order valence-corrected chi connectivity index (χ2v) is 4.18. The predicted molar refractivity (Wildman–Crippen MR) is 73.6 cm³/mol. The van der Waals surface area contributed by atoms with Gasteiger partial charge in [-0.15, -0.1) is 0 Å². The number of aliphatic carboxylic acids is 3. The molecule has 0 aromatic heterocycles. The van der Waals surface area contributed by atoms with Crippen LogP contribution in [-0.2, 0) is 20.8 Å². The molecule has 0 spiro atoms. The molecule has 0 amide bonds. The predicted octanol–water partition coefficient (Wildman–Crippen LogP) is -0.486. The second-order valence-electron chi connectivity index (χ2n) is 4.18. The third-order valence-electron chi connectivity index (χ3n) is 2.33. The second kappa shape index (κ2) is 9.45. The number of hydrogen-bond acceptors (Lipinski definition) is 5. The molecule has 7 N–H and O–H groups in total. The van der Waals surface area contributed by atoms with E-state index in [9.17, 15) is 14.4 Å². The van der Waals surface area contributed by atoms with Crippen molar-refractivity contribution < 1.29 is 29.7 Å². The third-order valence-corrected chi connectivity index (χ3v) is 2.33. The van der Waals surface area contributed by atoms with Gasteiger partial charge in [0, 0.05) is 0 Å². The van der Waals surface area contributed by atoms with Crippen LogP contribution in [0.1, 0.15) is 12.0 Å². The van der Waals surface area contributed by atoms with Crippen LogP contribution in [0.25, 0.3) is 0 Å². The molecule has 0 heterocycles. The topological polar surface area (TPSA) is 164 Å². The fourth-order valence-electron chi connectivity index (χ4n) is 1.23. The summed E-state index contributed by atoms with van der Waals surface area (Å²) in [6.45, 7) is 0. The van der Waals surface area contributed by atoms with E-state index in [0.717, 1.165) is 5.56 Å². The zero-order chi connectivity index (χ0) is 16.4. The van der Waals surface area contributed by atoms with Crippen LogP contribution in [0.5, 0.6) is 0 Å². The molecule has 2 atom stereocenters. The Morgan fingerprint density at radius 1 is 0.905 bits per heavy atom. The minimum Gasteiger partial charge on any atom is -0.481 e. The van der Waals surface area contributed by atoms with Gasteiger partial charge in [-0.2, -0.15) is 0 Å². The van der Waals surface area contributed by atoms with Crippen LogP contribution in [-0.4, -0.2) is 45.3 Å². The Hall–Kier alpha value is -2.45. The first-order chi connectivity index (χ1) is 9.73. The molecule has 0 saturated heterocycles. The molecule has 1 rings (SSSR count). The van der Waals surface area contributed by atoms with E-state index in [1.165, 1.54) is 0 Å². The van der Waals surface area contributed by atoms with Crippen LogP contribution in [0.3, 0.4) is 0 Å². The number of hydrogen-bond donors (Lipinski definition) is 5. The Labute approximate surface area is 121 Å². The number of carboxylic acid groups (broad SMARTS) is 3. The van der Waals surface area contributed by atoms with E-state index < -0.39 is 36.4 Å². The van der Waals surface area contributed by atoms with Gasteiger partial charge in [0.2, 0.25) is 0 Å². The molecule has 0 bridgehead atoms. The van der Waals surface area contributed by atoms with Crippen LogP contribution in [0.2, 0.25) is 0 Å². The van der Waals surface area contributed by atoms with Gasteiger partial charge >= 0.3 is 17.9 Å². The fourth-order valence-corrected chi connectivity index (χ4v) is 1.23. The van der Waals surface area contributed by atoms with Crippen molar-refractivity contribution in [3.05, 3.63) is 35.9 Å². The maximum atomic E-state index is 10.4. The molecule has 0 fully saturated rings. The van der Waals surface area contributed by atoms with Crippen LogP contribution < -0.4 is 11.5 Å². The quantitative estimate of drug-likeness (QED) is 0.469. The van der Waals surface area contributed by atoms with Gasteiger partial charge in [0.05, 0.1) is 6.42 Å². The average Bonchev–Trinajstić information content (AvgIpc) is 2.39. The lowest BCUT2D eigenvalue weighted by atomic mass is 10.1. The summed E-state index contributed by atoms with van der Waals surface area (Å²) in [4.78, 5) is 30.0. The van der Waals surface area contributed by atoms with Crippen molar-refractivity contribution in [1.82, 2.24) is 0 Å². The van der Waals surface area contributed by atoms with E-state index >= 15 is 0 Å². The third kappa shape index (κ3) is 9.14. The standard InChI is InChI=1S/C9H11NO2.C4H7NO4/c10-8(9(11)12)6-7-4-2-1-3-5-7;5-2(4(8)9)1-3(6)7/h1-5,8H,6,10H2,(H,11,12);2H,1,5H2,(H,6,7)(H,8,9)/t8-;2-/m10/s1. The summed E-state index contributed by atoms with van der Waals surface area (Å²) >= 11 is 0. The summed E-state index contributed by atoms with van der Waals surface area (Å²) in [6, 6.07) is 7.25. The highest BCUT2D eigenvalue weighted by Gasteiger charge is 2.14. The molecule has 21 heavy (non-hydrogen) atoms. The molecule has 8 heteroatoms. The summed E-state index contributed by atoms with van der Waals surface area (Å²) < 4.78 is 0. The zero-order valence-electron chi connectivity index (χ0n) is 11.2. The van der Waals surface area contributed by atoms with Crippen molar-refractivity contribution in [2.24, 2.45) is 11.5 Å². The molecule has 0 saturated carbocycles. The van der Waals surface area contributed by atoms with Gasteiger partial charge in [-0.05, 0) is 12.0 Å². The minimum absolute atomic E-state index is 0.385. The lowest BCUT2D eigenvalue weighted by Crippen LogP contribution is -2.32. The Morgan fingerprint density at radius 2 is 1.38 bits per heavy atom. The Bertz CT molecular complexity index is 477. The lowest BCUT2D eigenvalue weighted by molar-refractivity contribution is -0.144. The fraction of sp³-hybridized carbons (Fsp3) is 0.308. The monoisotopic (exact) mass is 298 g/mol. The van der Waals surface area contributed by atoms with E-state index in [1.807, 2.05) is 30.3 Å².